The van der Waals surface area contributed by atoms with E-state index in [-0.39, 0.29) is 29.7 Å². The number of amides is 1. The molecule has 2 N–H and O–H groups in total. The first-order chi connectivity index (χ1) is 10.4. The summed E-state index contributed by atoms with van der Waals surface area (Å²) >= 11 is 1.54. The van der Waals surface area contributed by atoms with Gasteiger partial charge in [0.25, 0.3) is 0 Å². The van der Waals surface area contributed by atoms with Gasteiger partial charge in [-0.3, -0.25) is 4.79 Å². The fourth-order valence-electron chi connectivity index (χ4n) is 2.18. The van der Waals surface area contributed by atoms with Crippen molar-refractivity contribution in [1.29, 1.82) is 0 Å². The molecular formula is C14H18FNO4S2. The minimum atomic E-state index is -3.26. The molecule has 0 spiro atoms. The van der Waals surface area contributed by atoms with Gasteiger partial charge in [-0.1, -0.05) is 12.1 Å². The van der Waals surface area contributed by atoms with E-state index >= 15 is 0 Å². The van der Waals surface area contributed by atoms with Crippen molar-refractivity contribution in [1.82, 2.24) is 5.32 Å². The number of halogens is 1. The third-order valence-electron chi connectivity index (χ3n) is 3.32. The SMILES string of the molecule is O=C(CCSCc1ccc(F)cc1)NC1CS(=O)(=O)CC1O. The molecule has 0 aliphatic carbocycles. The van der Waals surface area contributed by atoms with Crippen molar-refractivity contribution in [3.63, 3.8) is 0 Å². The molecule has 1 heterocycles. The van der Waals surface area contributed by atoms with Crippen LogP contribution in [0.25, 0.3) is 0 Å². The second-order valence-electron chi connectivity index (χ2n) is 5.25. The van der Waals surface area contributed by atoms with E-state index in [2.05, 4.69) is 5.32 Å². The molecule has 0 saturated carbocycles. The number of carbonyl (C=O) groups is 1. The summed E-state index contributed by atoms with van der Waals surface area (Å²) in [6, 6.07) is 5.47. The maximum absolute atomic E-state index is 12.7. The minimum absolute atomic E-state index is 0.206. The van der Waals surface area contributed by atoms with E-state index in [1.54, 1.807) is 12.1 Å². The number of nitrogens with one attached hydrogen (secondary N) is 1. The molecular weight excluding hydrogens is 329 g/mol. The van der Waals surface area contributed by atoms with Gasteiger partial charge in [0.15, 0.2) is 9.84 Å². The molecule has 22 heavy (non-hydrogen) atoms. The largest absolute Gasteiger partial charge is 0.390 e. The number of hydrogen-bond donors (Lipinski definition) is 2. The molecule has 2 atom stereocenters. The molecule has 1 fully saturated rings. The van der Waals surface area contributed by atoms with Crippen molar-refractivity contribution in [2.45, 2.75) is 24.3 Å². The summed E-state index contributed by atoms with van der Waals surface area (Å²) in [7, 11) is -3.26. The lowest BCUT2D eigenvalue weighted by molar-refractivity contribution is -0.121. The first kappa shape index (κ1) is 17.2. The highest BCUT2D eigenvalue weighted by Gasteiger charge is 2.37. The average Bonchev–Trinajstić information content (AvgIpc) is 2.69. The Balaban J connectivity index is 1.67. The van der Waals surface area contributed by atoms with Crippen LogP contribution in [0.1, 0.15) is 12.0 Å². The Bertz CT molecular complexity index is 618. The monoisotopic (exact) mass is 347 g/mol. The summed E-state index contributed by atoms with van der Waals surface area (Å²) in [5.74, 6) is 0.193. The Morgan fingerprint density at radius 1 is 1.32 bits per heavy atom. The second-order valence-corrected chi connectivity index (χ2v) is 8.51. The number of carbonyl (C=O) groups excluding carboxylic acids is 1. The van der Waals surface area contributed by atoms with Gasteiger partial charge in [0.1, 0.15) is 5.82 Å². The Labute approximate surface area is 133 Å². The summed E-state index contributed by atoms with van der Waals surface area (Å²) in [6.07, 6.45) is -0.782. The van der Waals surface area contributed by atoms with Crippen molar-refractivity contribution in [2.24, 2.45) is 0 Å². The zero-order valence-electron chi connectivity index (χ0n) is 11.9. The lowest BCUT2D eigenvalue weighted by Gasteiger charge is -2.14. The topological polar surface area (TPSA) is 83.5 Å². The molecule has 0 bridgehead atoms. The highest BCUT2D eigenvalue weighted by molar-refractivity contribution is 7.98. The van der Waals surface area contributed by atoms with Gasteiger partial charge in [-0.05, 0) is 17.7 Å². The number of hydrogen-bond acceptors (Lipinski definition) is 5. The van der Waals surface area contributed by atoms with Crippen molar-refractivity contribution >= 4 is 27.5 Å². The Morgan fingerprint density at radius 3 is 2.59 bits per heavy atom. The summed E-state index contributed by atoms with van der Waals surface area (Å²) in [6.45, 7) is 0. The number of rotatable bonds is 6. The molecule has 5 nitrogen and oxygen atoms in total. The van der Waals surface area contributed by atoms with Gasteiger partial charge in [0.2, 0.25) is 5.91 Å². The predicted octanol–water partition coefficient (Wildman–Crippen LogP) is 0.723. The van der Waals surface area contributed by atoms with E-state index in [9.17, 15) is 22.7 Å². The Morgan fingerprint density at radius 2 is 2.00 bits per heavy atom. The number of aliphatic hydroxyl groups is 1. The van der Waals surface area contributed by atoms with Crippen LogP contribution in [0.4, 0.5) is 4.39 Å². The molecule has 1 amide bonds. The van der Waals surface area contributed by atoms with Crippen LogP contribution in [0.15, 0.2) is 24.3 Å². The fraction of sp³-hybridized carbons (Fsp3) is 0.500. The summed E-state index contributed by atoms with van der Waals surface area (Å²) in [5.41, 5.74) is 0.976. The van der Waals surface area contributed by atoms with Crippen LogP contribution >= 0.6 is 11.8 Å². The van der Waals surface area contributed by atoms with Crippen molar-refractivity contribution in [3.8, 4) is 0 Å². The third kappa shape index (κ3) is 5.26. The number of sulfone groups is 1. The highest BCUT2D eigenvalue weighted by atomic mass is 32.2. The number of benzene rings is 1. The smallest absolute Gasteiger partial charge is 0.221 e. The predicted molar refractivity (Wildman–Crippen MR) is 83.8 cm³/mol. The minimum Gasteiger partial charge on any atom is -0.390 e. The van der Waals surface area contributed by atoms with Crippen LogP contribution in [-0.2, 0) is 20.4 Å². The van der Waals surface area contributed by atoms with Crippen LogP contribution in [0.5, 0.6) is 0 Å². The van der Waals surface area contributed by atoms with E-state index in [0.29, 0.717) is 11.5 Å². The molecule has 1 aliphatic rings. The molecule has 0 aromatic heterocycles. The maximum atomic E-state index is 12.7. The van der Waals surface area contributed by atoms with Gasteiger partial charge >= 0.3 is 0 Å². The molecule has 1 aromatic carbocycles. The van der Waals surface area contributed by atoms with Gasteiger partial charge in [-0.2, -0.15) is 11.8 Å². The molecule has 122 valence electrons. The van der Waals surface area contributed by atoms with E-state index in [1.807, 2.05) is 0 Å². The molecule has 8 heteroatoms. The van der Waals surface area contributed by atoms with E-state index in [0.717, 1.165) is 5.56 Å². The van der Waals surface area contributed by atoms with E-state index in [4.69, 9.17) is 0 Å². The molecule has 2 unspecified atom stereocenters. The summed E-state index contributed by atoms with van der Waals surface area (Å²) in [5, 5.41) is 12.1. The van der Waals surface area contributed by atoms with E-state index < -0.39 is 22.0 Å². The van der Waals surface area contributed by atoms with Gasteiger partial charge in [0.05, 0.1) is 23.7 Å². The Hall–Kier alpha value is -1.12. The van der Waals surface area contributed by atoms with Gasteiger partial charge in [-0.15, -0.1) is 0 Å². The molecule has 0 radical (unpaired) electrons. The first-order valence-corrected chi connectivity index (χ1v) is 9.83. The third-order valence-corrected chi connectivity index (χ3v) is 6.07. The molecule has 1 aliphatic heterocycles. The number of aliphatic hydroxyl groups excluding tert-OH is 1. The van der Waals surface area contributed by atoms with Crippen LogP contribution in [-0.4, -0.2) is 48.8 Å². The normalized spacial score (nSPS) is 23.4. The second kappa shape index (κ2) is 7.43. The highest BCUT2D eigenvalue weighted by Crippen LogP contribution is 2.15. The summed E-state index contributed by atoms with van der Waals surface area (Å²) in [4.78, 5) is 11.7. The lowest BCUT2D eigenvalue weighted by Crippen LogP contribution is -2.42. The standard InChI is InChI=1S/C14H18FNO4S2/c15-11-3-1-10(2-4-11)7-21-6-5-14(18)16-12-8-22(19,20)9-13(12)17/h1-4,12-13,17H,5-9H2,(H,16,18). The van der Waals surface area contributed by atoms with Crippen LogP contribution in [0.3, 0.4) is 0 Å². The zero-order valence-corrected chi connectivity index (χ0v) is 13.5. The number of thioether (sulfide) groups is 1. The van der Waals surface area contributed by atoms with Gasteiger partial charge in [-0.25, -0.2) is 12.8 Å². The van der Waals surface area contributed by atoms with Crippen molar-refractivity contribution in [2.75, 3.05) is 17.3 Å². The lowest BCUT2D eigenvalue weighted by atomic mass is 10.2. The quantitative estimate of drug-likeness (QED) is 0.741. The van der Waals surface area contributed by atoms with Gasteiger partial charge in [0, 0.05) is 17.9 Å². The summed E-state index contributed by atoms with van der Waals surface area (Å²) < 4.78 is 35.4. The average molecular weight is 347 g/mol. The first-order valence-electron chi connectivity index (χ1n) is 6.86. The van der Waals surface area contributed by atoms with Crippen LogP contribution < -0.4 is 5.32 Å². The van der Waals surface area contributed by atoms with E-state index in [1.165, 1.54) is 23.9 Å². The van der Waals surface area contributed by atoms with Crippen molar-refractivity contribution in [3.05, 3.63) is 35.6 Å². The van der Waals surface area contributed by atoms with Crippen LogP contribution in [0, 0.1) is 5.82 Å². The maximum Gasteiger partial charge on any atom is 0.221 e. The fourth-order valence-corrected chi connectivity index (χ4v) is 4.82. The molecule has 1 aromatic rings. The van der Waals surface area contributed by atoms with Crippen molar-refractivity contribution < 1.29 is 22.7 Å². The van der Waals surface area contributed by atoms with Crippen LogP contribution in [0.2, 0.25) is 0 Å². The Kier molecular flexibility index (Phi) is 5.82. The molecule has 2 rings (SSSR count). The van der Waals surface area contributed by atoms with Gasteiger partial charge < -0.3 is 10.4 Å². The zero-order chi connectivity index (χ0) is 16.2. The molecule has 1 saturated heterocycles.